The van der Waals surface area contributed by atoms with Crippen molar-refractivity contribution in [1.82, 2.24) is 0 Å². The van der Waals surface area contributed by atoms with Crippen LogP contribution in [-0.2, 0) is 9.84 Å². The van der Waals surface area contributed by atoms with Crippen molar-refractivity contribution in [3.8, 4) is 0 Å². The molecule has 1 aliphatic heterocycles. The van der Waals surface area contributed by atoms with Crippen LogP contribution < -0.4 is 4.90 Å². The number of benzene rings is 1. The first-order chi connectivity index (χ1) is 8.37. The Balaban J connectivity index is 2.14. The minimum Gasteiger partial charge on any atom is -0.371 e. The van der Waals surface area contributed by atoms with Gasteiger partial charge in [-0.1, -0.05) is 0 Å². The first-order valence-electron chi connectivity index (χ1n) is 6.08. The van der Waals surface area contributed by atoms with Gasteiger partial charge in [-0.15, -0.1) is 0 Å². The number of hydrogen-bond acceptors (Lipinski definition) is 3. The predicted octanol–water partition coefficient (Wildman–Crippen LogP) is 2.15. The smallest absolute Gasteiger partial charge is 0.150 e. The summed E-state index contributed by atoms with van der Waals surface area (Å²) in [5.74, 6) is 0.215. The van der Waals surface area contributed by atoms with E-state index in [2.05, 4.69) is 0 Å². The number of hydrogen-bond donors (Lipinski definition) is 0. The van der Waals surface area contributed by atoms with E-state index >= 15 is 0 Å². The van der Waals surface area contributed by atoms with Gasteiger partial charge in [-0.2, -0.15) is 0 Å². The van der Waals surface area contributed by atoms with E-state index in [1.54, 1.807) is 0 Å². The number of nitrogens with zero attached hydrogens (tertiary/aromatic N) is 1. The highest BCUT2D eigenvalue weighted by molar-refractivity contribution is 7.91. The van der Waals surface area contributed by atoms with Crippen LogP contribution in [0.4, 0.5) is 10.1 Å². The second-order valence-corrected chi connectivity index (χ2v) is 7.28. The van der Waals surface area contributed by atoms with Crippen molar-refractivity contribution in [1.29, 1.82) is 0 Å². The minimum absolute atomic E-state index is 0.176. The van der Waals surface area contributed by atoms with E-state index in [1.807, 2.05) is 24.9 Å². The molecular weight excluding hydrogens is 253 g/mol. The first-order valence-corrected chi connectivity index (χ1v) is 7.90. The van der Waals surface area contributed by atoms with E-state index in [9.17, 15) is 12.8 Å². The largest absolute Gasteiger partial charge is 0.371 e. The Morgan fingerprint density at radius 1 is 1.22 bits per heavy atom. The molecule has 0 atom stereocenters. The Morgan fingerprint density at radius 2 is 1.83 bits per heavy atom. The van der Waals surface area contributed by atoms with Crippen LogP contribution in [0.25, 0.3) is 0 Å². The Hall–Kier alpha value is -1.10. The van der Waals surface area contributed by atoms with Crippen molar-refractivity contribution in [2.75, 3.05) is 23.5 Å². The van der Waals surface area contributed by atoms with E-state index in [4.69, 9.17) is 0 Å². The van der Waals surface area contributed by atoms with Gasteiger partial charge in [0.15, 0.2) is 0 Å². The molecule has 0 saturated carbocycles. The summed E-state index contributed by atoms with van der Waals surface area (Å²) in [5, 5.41) is 0. The summed E-state index contributed by atoms with van der Waals surface area (Å²) in [4.78, 5) is 1.99. The van der Waals surface area contributed by atoms with Crippen LogP contribution in [0.5, 0.6) is 0 Å². The highest BCUT2D eigenvalue weighted by Crippen LogP contribution is 2.24. The van der Waals surface area contributed by atoms with E-state index in [-0.39, 0.29) is 23.4 Å². The topological polar surface area (TPSA) is 37.4 Å². The molecule has 18 heavy (non-hydrogen) atoms. The molecule has 0 radical (unpaired) electrons. The number of aryl methyl sites for hydroxylation is 1. The SMILES string of the molecule is Cc1cc(F)cc(N(C)C2CCS(=O)(=O)CC2)c1. The molecule has 1 aliphatic rings. The van der Waals surface area contributed by atoms with Gasteiger partial charge >= 0.3 is 0 Å². The molecule has 100 valence electrons. The normalized spacial score (nSPS) is 19.7. The van der Waals surface area contributed by atoms with Crippen molar-refractivity contribution in [2.24, 2.45) is 0 Å². The maximum atomic E-state index is 13.4. The molecule has 1 aromatic rings. The zero-order valence-electron chi connectivity index (χ0n) is 10.7. The van der Waals surface area contributed by atoms with Gasteiger partial charge in [-0.3, -0.25) is 0 Å². The van der Waals surface area contributed by atoms with Crippen LogP contribution in [-0.4, -0.2) is 33.0 Å². The third-order valence-corrected chi connectivity index (χ3v) is 5.22. The van der Waals surface area contributed by atoms with Gasteiger partial charge in [-0.05, 0) is 43.5 Å². The van der Waals surface area contributed by atoms with Gasteiger partial charge < -0.3 is 4.90 Å². The molecule has 1 heterocycles. The summed E-state index contributed by atoms with van der Waals surface area (Å²) >= 11 is 0. The lowest BCUT2D eigenvalue weighted by atomic mass is 10.1. The van der Waals surface area contributed by atoms with Crippen molar-refractivity contribution in [2.45, 2.75) is 25.8 Å². The summed E-state index contributed by atoms with van der Waals surface area (Å²) < 4.78 is 36.1. The Morgan fingerprint density at radius 3 is 2.39 bits per heavy atom. The molecule has 0 aromatic heterocycles. The molecule has 0 bridgehead atoms. The van der Waals surface area contributed by atoms with Gasteiger partial charge in [0.05, 0.1) is 11.5 Å². The fourth-order valence-corrected chi connectivity index (χ4v) is 3.86. The van der Waals surface area contributed by atoms with Gasteiger partial charge in [0.25, 0.3) is 0 Å². The van der Waals surface area contributed by atoms with Crippen molar-refractivity contribution < 1.29 is 12.8 Å². The first kappa shape index (κ1) is 13.3. The maximum absolute atomic E-state index is 13.4. The Kier molecular flexibility index (Phi) is 3.61. The van der Waals surface area contributed by atoms with E-state index in [0.29, 0.717) is 12.8 Å². The molecule has 3 nitrogen and oxygen atoms in total. The van der Waals surface area contributed by atoms with Gasteiger partial charge in [-0.25, -0.2) is 12.8 Å². The molecule has 0 N–H and O–H groups in total. The number of anilines is 1. The van der Waals surface area contributed by atoms with Gasteiger partial charge in [0.1, 0.15) is 15.7 Å². The zero-order valence-corrected chi connectivity index (χ0v) is 11.5. The number of sulfone groups is 1. The van der Waals surface area contributed by atoms with Crippen LogP contribution in [0, 0.1) is 12.7 Å². The van der Waals surface area contributed by atoms with Crippen LogP contribution >= 0.6 is 0 Å². The lowest BCUT2D eigenvalue weighted by Gasteiger charge is -2.33. The number of rotatable bonds is 2. The van der Waals surface area contributed by atoms with E-state index in [1.165, 1.54) is 12.1 Å². The van der Waals surface area contributed by atoms with Crippen LogP contribution in [0.1, 0.15) is 18.4 Å². The number of halogens is 1. The fraction of sp³-hybridized carbons (Fsp3) is 0.538. The molecule has 0 aliphatic carbocycles. The molecule has 1 aromatic carbocycles. The zero-order chi connectivity index (χ0) is 13.3. The van der Waals surface area contributed by atoms with Crippen LogP contribution in [0.2, 0.25) is 0 Å². The van der Waals surface area contributed by atoms with Crippen molar-refractivity contribution in [3.05, 3.63) is 29.6 Å². The van der Waals surface area contributed by atoms with E-state index < -0.39 is 9.84 Å². The molecular formula is C13H18FNO2S. The summed E-state index contributed by atoms with van der Waals surface area (Å²) in [5.41, 5.74) is 1.69. The summed E-state index contributed by atoms with van der Waals surface area (Å²) in [6.07, 6.45) is 1.24. The molecule has 2 rings (SSSR count). The standard InChI is InChI=1S/C13H18FNO2S/c1-10-7-11(14)9-13(8-10)15(2)12-3-5-18(16,17)6-4-12/h7-9,12H,3-6H2,1-2H3. The van der Waals surface area contributed by atoms with Crippen molar-refractivity contribution in [3.63, 3.8) is 0 Å². The summed E-state index contributed by atoms with van der Waals surface area (Å²) in [6, 6.07) is 5.08. The average Bonchev–Trinajstić information content (AvgIpc) is 2.27. The minimum atomic E-state index is -2.85. The average molecular weight is 271 g/mol. The van der Waals surface area contributed by atoms with Crippen molar-refractivity contribution >= 4 is 15.5 Å². The highest BCUT2D eigenvalue weighted by Gasteiger charge is 2.26. The summed E-state index contributed by atoms with van der Waals surface area (Å²) in [7, 11) is -0.949. The Bertz CT molecular complexity index is 508. The third-order valence-electron chi connectivity index (χ3n) is 3.51. The lowest BCUT2D eigenvalue weighted by molar-refractivity contribution is 0.532. The second kappa shape index (κ2) is 4.88. The van der Waals surface area contributed by atoms with Gasteiger partial charge in [0, 0.05) is 18.8 Å². The lowest BCUT2D eigenvalue weighted by Crippen LogP contribution is -2.39. The predicted molar refractivity (Wildman–Crippen MR) is 71.2 cm³/mol. The third kappa shape index (κ3) is 3.02. The molecule has 1 fully saturated rings. The fourth-order valence-electron chi connectivity index (χ4n) is 2.40. The second-order valence-electron chi connectivity index (χ2n) is 4.98. The highest BCUT2D eigenvalue weighted by atomic mass is 32.2. The summed E-state index contributed by atoms with van der Waals surface area (Å²) in [6.45, 7) is 1.85. The van der Waals surface area contributed by atoms with Crippen LogP contribution in [0.3, 0.4) is 0 Å². The Labute approximate surface area is 108 Å². The quantitative estimate of drug-likeness (QED) is 0.827. The van der Waals surface area contributed by atoms with Crippen LogP contribution in [0.15, 0.2) is 18.2 Å². The molecule has 0 spiro atoms. The van der Waals surface area contributed by atoms with E-state index in [0.717, 1.165) is 11.3 Å². The molecule has 5 heteroatoms. The monoisotopic (exact) mass is 271 g/mol. The molecule has 0 amide bonds. The molecule has 1 saturated heterocycles. The maximum Gasteiger partial charge on any atom is 0.150 e. The van der Waals surface area contributed by atoms with Gasteiger partial charge in [0.2, 0.25) is 0 Å². The molecule has 0 unspecified atom stereocenters.